The maximum Gasteiger partial charge on any atom is 0.196 e. The van der Waals surface area contributed by atoms with Gasteiger partial charge in [0.25, 0.3) is 0 Å². The summed E-state index contributed by atoms with van der Waals surface area (Å²) in [4.78, 5) is 12.4. The van der Waals surface area contributed by atoms with Crippen LogP contribution in [0.4, 0.5) is 4.39 Å². The third-order valence-corrected chi connectivity index (χ3v) is 3.04. The Morgan fingerprint density at radius 2 is 1.79 bits per heavy atom. The van der Waals surface area contributed by atoms with Gasteiger partial charge in [-0.15, -0.1) is 0 Å². The predicted octanol–water partition coefficient (Wildman–Crippen LogP) is 3.68. The number of hydrogen-bond acceptors (Lipinski definition) is 2. The Labute approximate surface area is 111 Å². The lowest BCUT2D eigenvalue weighted by Crippen LogP contribution is -2.06. The molecule has 0 aliphatic carbocycles. The van der Waals surface area contributed by atoms with Crippen molar-refractivity contribution in [1.82, 2.24) is 0 Å². The fourth-order valence-corrected chi connectivity index (χ4v) is 1.98. The number of ketones is 1. The summed E-state index contributed by atoms with van der Waals surface area (Å²) in [5.41, 5.74) is 2.22. The van der Waals surface area contributed by atoms with Crippen LogP contribution < -0.4 is 4.74 Å². The summed E-state index contributed by atoms with van der Waals surface area (Å²) in [5.74, 6) is -0.120. The Kier molecular flexibility index (Phi) is 3.65. The van der Waals surface area contributed by atoms with Crippen molar-refractivity contribution in [3.63, 3.8) is 0 Å². The number of ether oxygens (including phenoxy) is 1. The molecule has 0 fully saturated rings. The number of benzene rings is 2. The quantitative estimate of drug-likeness (QED) is 0.785. The van der Waals surface area contributed by atoms with Gasteiger partial charge in [0.1, 0.15) is 11.6 Å². The van der Waals surface area contributed by atoms with Crippen LogP contribution in [0.3, 0.4) is 0 Å². The Morgan fingerprint density at radius 3 is 2.42 bits per heavy atom. The summed E-state index contributed by atoms with van der Waals surface area (Å²) >= 11 is 0. The first-order valence-electron chi connectivity index (χ1n) is 5.98. The largest absolute Gasteiger partial charge is 0.497 e. The van der Waals surface area contributed by atoms with Crippen molar-refractivity contribution >= 4 is 5.78 Å². The topological polar surface area (TPSA) is 26.3 Å². The Hall–Kier alpha value is -2.16. The molecule has 0 atom stereocenters. The first-order chi connectivity index (χ1) is 9.02. The monoisotopic (exact) mass is 258 g/mol. The maximum atomic E-state index is 13.7. The van der Waals surface area contributed by atoms with Gasteiger partial charge in [0.2, 0.25) is 0 Å². The Morgan fingerprint density at radius 1 is 1.05 bits per heavy atom. The third kappa shape index (κ3) is 2.65. The zero-order valence-electron chi connectivity index (χ0n) is 11.2. The van der Waals surface area contributed by atoms with E-state index in [4.69, 9.17) is 4.74 Å². The highest BCUT2D eigenvalue weighted by molar-refractivity contribution is 6.10. The van der Waals surface area contributed by atoms with Crippen molar-refractivity contribution in [2.45, 2.75) is 13.8 Å². The molecule has 0 saturated heterocycles. The smallest absolute Gasteiger partial charge is 0.196 e. The zero-order chi connectivity index (χ0) is 14.0. The van der Waals surface area contributed by atoms with Crippen LogP contribution in [0.1, 0.15) is 27.0 Å². The number of methoxy groups -OCH3 is 1. The summed E-state index contributed by atoms with van der Waals surface area (Å²) in [6.45, 7) is 3.64. The van der Waals surface area contributed by atoms with Gasteiger partial charge in [-0.1, -0.05) is 11.6 Å². The van der Waals surface area contributed by atoms with Gasteiger partial charge in [0.15, 0.2) is 5.78 Å². The molecule has 2 aromatic rings. The fraction of sp³-hybridized carbons (Fsp3) is 0.188. The normalized spacial score (nSPS) is 10.3. The molecule has 2 nitrogen and oxygen atoms in total. The van der Waals surface area contributed by atoms with Gasteiger partial charge in [0, 0.05) is 5.56 Å². The Balaban J connectivity index is 2.47. The third-order valence-electron chi connectivity index (χ3n) is 3.04. The molecule has 98 valence electrons. The molecule has 0 aromatic heterocycles. The van der Waals surface area contributed by atoms with E-state index in [0.717, 1.165) is 11.1 Å². The van der Waals surface area contributed by atoms with Crippen molar-refractivity contribution in [2.75, 3.05) is 7.11 Å². The summed E-state index contributed by atoms with van der Waals surface area (Å²) in [6, 6.07) is 9.67. The fourth-order valence-electron chi connectivity index (χ4n) is 1.98. The Bertz CT molecular complexity index is 633. The lowest BCUT2D eigenvalue weighted by Gasteiger charge is -2.08. The highest BCUT2D eigenvalue weighted by Gasteiger charge is 2.16. The predicted molar refractivity (Wildman–Crippen MR) is 72.3 cm³/mol. The van der Waals surface area contributed by atoms with Gasteiger partial charge < -0.3 is 4.74 Å². The molecule has 0 saturated carbocycles. The number of carbonyl (C=O) groups excluding carboxylic acids is 1. The van der Waals surface area contributed by atoms with E-state index in [1.807, 2.05) is 13.8 Å². The van der Waals surface area contributed by atoms with E-state index < -0.39 is 5.82 Å². The number of carbonyl (C=O) groups is 1. The first kappa shape index (κ1) is 13.3. The van der Waals surface area contributed by atoms with E-state index in [9.17, 15) is 9.18 Å². The molecular weight excluding hydrogens is 243 g/mol. The van der Waals surface area contributed by atoms with E-state index in [2.05, 4.69) is 0 Å². The first-order valence-corrected chi connectivity index (χ1v) is 5.98. The van der Waals surface area contributed by atoms with Crippen LogP contribution in [0.25, 0.3) is 0 Å². The minimum absolute atomic E-state index is 0.105. The second-order valence-electron chi connectivity index (χ2n) is 4.49. The van der Waals surface area contributed by atoms with Crippen LogP contribution in [0.2, 0.25) is 0 Å². The summed E-state index contributed by atoms with van der Waals surface area (Å²) in [6.07, 6.45) is 0. The average Bonchev–Trinajstić information content (AvgIpc) is 2.40. The molecular formula is C16H15FO2. The van der Waals surface area contributed by atoms with Crippen molar-refractivity contribution in [2.24, 2.45) is 0 Å². The van der Waals surface area contributed by atoms with Crippen molar-refractivity contribution < 1.29 is 13.9 Å². The SMILES string of the molecule is COc1ccc(C(=O)c2cc(C)ccc2F)c(C)c1. The van der Waals surface area contributed by atoms with Gasteiger partial charge in [0.05, 0.1) is 12.7 Å². The molecule has 0 unspecified atom stereocenters. The lowest BCUT2D eigenvalue weighted by molar-refractivity contribution is 0.103. The molecule has 0 heterocycles. The number of aryl methyl sites for hydroxylation is 2. The molecule has 0 amide bonds. The number of rotatable bonds is 3. The second kappa shape index (κ2) is 5.22. The summed E-state index contributed by atoms with van der Waals surface area (Å²) < 4.78 is 18.8. The summed E-state index contributed by atoms with van der Waals surface area (Å²) in [7, 11) is 1.57. The lowest BCUT2D eigenvalue weighted by atomic mass is 9.97. The second-order valence-corrected chi connectivity index (χ2v) is 4.49. The van der Waals surface area contributed by atoms with E-state index in [1.54, 1.807) is 37.4 Å². The van der Waals surface area contributed by atoms with Gasteiger partial charge in [-0.3, -0.25) is 4.79 Å². The molecule has 0 aliphatic heterocycles. The standard InChI is InChI=1S/C16H15FO2/c1-10-4-7-15(17)14(8-10)16(18)13-6-5-12(19-3)9-11(13)2/h4-9H,1-3H3. The van der Waals surface area contributed by atoms with E-state index in [-0.39, 0.29) is 11.3 Å². The maximum absolute atomic E-state index is 13.7. The summed E-state index contributed by atoms with van der Waals surface area (Å²) in [5, 5.41) is 0. The van der Waals surface area contributed by atoms with Crippen LogP contribution in [0.15, 0.2) is 36.4 Å². The van der Waals surface area contributed by atoms with Gasteiger partial charge >= 0.3 is 0 Å². The van der Waals surface area contributed by atoms with E-state index in [1.165, 1.54) is 6.07 Å². The van der Waals surface area contributed by atoms with E-state index >= 15 is 0 Å². The molecule has 0 N–H and O–H groups in total. The van der Waals surface area contributed by atoms with Gasteiger partial charge in [-0.25, -0.2) is 4.39 Å². The van der Waals surface area contributed by atoms with Crippen LogP contribution in [0.5, 0.6) is 5.75 Å². The molecule has 19 heavy (non-hydrogen) atoms. The van der Waals surface area contributed by atoms with Crippen molar-refractivity contribution in [3.8, 4) is 5.75 Å². The van der Waals surface area contributed by atoms with Gasteiger partial charge in [-0.2, -0.15) is 0 Å². The highest BCUT2D eigenvalue weighted by Crippen LogP contribution is 2.21. The molecule has 0 radical (unpaired) electrons. The minimum Gasteiger partial charge on any atom is -0.497 e. The molecule has 3 heteroatoms. The highest BCUT2D eigenvalue weighted by atomic mass is 19.1. The zero-order valence-corrected chi connectivity index (χ0v) is 11.2. The molecule has 2 rings (SSSR count). The van der Waals surface area contributed by atoms with Crippen LogP contribution in [-0.2, 0) is 0 Å². The van der Waals surface area contributed by atoms with Crippen LogP contribution >= 0.6 is 0 Å². The van der Waals surface area contributed by atoms with Crippen LogP contribution in [-0.4, -0.2) is 12.9 Å². The van der Waals surface area contributed by atoms with Crippen molar-refractivity contribution in [3.05, 3.63) is 64.5 Å². The molecule has 0 aliphatic rings. The van der Waals surface area contributed by atoms with Crippen molar-refractivity contribution in [1.29, 1.82) is 0 Å². The molecule has 2 aromatic carbocycles. The van der Waals surface area contributed by atoms with E-state index in [0.29, 0.717) is 11.3 Å². The van der Waals surface area contributed by atoms with Crippen LogP contribution in [0, 0.1) is 19.7 Å². The molecule has 0 bridgehead atoms. The molecule has 0 spiro atoms. The average molecular weight is 258 g/mol. The minimum atomic E-state index is -0.495. The number of hydrogen-bond donors (Lipinski definition) is 0. The number of halogens is 1. The van der Waals surface area contributed by atoms with Gasteiger partial charge in [-0.05, 0) is 49.7 Å².